The maximum absolute atomic E-state index is 13.1. The van der Waals surface area contributed by atoms with Crippen molar-refractivity contribution in [1.29, 1.82) is 0 Å². The number of thiophene rings is 1. The van der Waals surface area contributed by atoms with E-state index in [1.165, 1.54) is 11.3 Å². The number of aromatic nitrogens is 2. The maximum Gasteiger partial charge on any atom is 0.222 e. The highest BCUT2D eigenvalue weighted by Gasteiger charge is 2.05. The van der Waals surface area contributed by atoms with Crippen LogP contribution in [0, 0.1) is 5.82 Å². The second-order valence-electron chi connectivity index (χ2n) is 2.56. The summed E-state index contributed by atoms with van der Waals surface area (Å²) in [5.41, 5.74) is 6.11. The average Bonchev–Trinajstić information content (AvgIpc) is 2.64. The summed E-state index contributed by atoms with van der Waals surface area (Å²) in [7, 11) is 0. The standard InChI is InChI=1S/C8H7FN4S/c9-6-3-11-8(10)13-7(6)12-5-1-2-14-4-5/h1-4H,(H3,10,11,12,13). The first kappa shape index (κ1) is 8.89. The molecule has 0 bridgehead atoms. The van der Waals surface area contributed by atoms with Crippen LogP contribution in [0.25, 0.3) is 0 Å². The van der Waals surface area contributed by atoms with E-state index >= 15 is 0 Å². The zero-order valence-electron chi connectivity index (χ0n) is 7.07. The van der Waals surface area contributed by atoms with Crippen molar-refractivity contribution >= 4 is 28.8 Å². The van der Waals surface area contributed by atoms with E-state index in [9.17, 15) is 4.39 Å². The lowest BCUT2D eigenvalue weighted by molar-refractivity contribution is 0.620. The third-order valence-electron chi connectivity index (χ3n) is 1.55. The molecule has 0 atom stereocenters. The molecule has 0 spiro atoms. The van der Waals surface area contributed by atoms with Crippen LogP contribution in [-0.4, -0.2) is 9.97 Å². The van der Waals surface area contributed by atoms with E-state index in [0.29, 0.717) is 0 Å². The smallest absolute Gasteiger partial charge is 0.222 e. The fourth-order valence-corrected chi connectivity index (χ4v) is 1.53. The van der Waals surface area contributed by atoms with Gasteiger partial charge in [-0.2, -0.15) is 16.3 Å². The molecule has 4 nitrogen and oxygen atoms in total. The van der Waals surface area contributed by atoms with Gasteiger partial charge < -0.3 is 11.1 Å². The third kappa shape index (κ3) is 1.80. The van der Waals surface area contributed by atoms with Gasteiger partial charge in [-0.3, -0.25) is 0 Å². The first-order valence-electron chi connectivity index (χ1n) is 3.83. The summed E-state index contributed by atoms with van der Waals surface area (Å²) in [4.78, 5) is 7.26. The number of nitrogen functional groups attached to an aromatic ring is 1. The molecule has 0 radical (unpaired) electrons. The molecule has 0 aromatic carbocycles. The van der Waals surface area contributed by atoms with Crippen LogP contribution in [0.2, 0.25) is 0 Å². The Morgan fingerprint density at radius 3 is 3.07 bits per heavy atom. The van der Waals surface area contributed by atoms with Gasteiger partial charge >= 0.3 is 0 Å². The molecule has 2 aromatic heterocycles. The highest BCUT2D eigenvalue weighted by molar-refractivity contribution is 7.08. The maximum atomic E-state index is 13.1. The monoisotopic (exact) mass is 210 g/mol. The first-order chi connectivity index (χ1) is 6.75. The Morgan fingerprint density at radius 2 is 2.36 bits per heavy atom. The molecule has 2 rings (SSSR count). The zero-order chi connectivity index (χ0) is 9.97. The Kier molecular flexibility index (Phi) is 2.28. The normalized spacial score (nSPS) is 10.1. The van der Waals surface area contributed by atoms with Gasteiger partial charge in [-0.25, -0.2) is 9.37 Å². The predicted molar refractivity (Wildman–Crippen MR) is 54.0 cm³/mol. The molecule has 14 heavy (non-hydrogen) atoms. The Balaban J connectivity index is 2.28. The Labute approximate surface area is 83.6 Å². The molecule has 72 valence electrons. The van der Waals surface area contributed by atoms with Crippen molar-refractivity contribution in [3.8, 4) is 0 Å². The first-order valence-corrected chi connectivity index (χ1v) is 4.77. The Hall–Kier alpha value is -1.69. The largest absolute Gasteiger partial charge is 0.368 e. The molecule has 6 heteroatoms. The molecular formula is C8H7FN4S. The van der Waals surface area contributed by atoms with E-state index in [4.69, 9.17) is 5.73 Å². The highest BCUT2D eigenvalue weighted by atomic mass is 32.1. The van der Waals surface area contributed by atoms with Gasteiger partial charge in [0.05, 0.1) is 11.9 Å². The van der Waals surface area contributed by atoms with Crippen LogP contribution in [-0.2, 0) is 0 Å². The van der Waals surface area contributed by atoms with Crippen molar-refractivity contribution in [2.45, 2.75) is 0 Å². The quantitative estimate of drug-likeness (QED) is 0.795. The average molecular weight is 210 g/mol. The summed E-state index contributed by atoms with van der Waals surface area (Å²) in [5, 5.41) is 6.52. The highest BCUT2D eigenvalue weighted by Crippen LogP contribution is 2.19. The van der Waals surface area contributed by atoms with Gasteiger partial charge in [0.15, 0.2) is 11.6 Å². The number of halogens is 1. The van der Waals surface area contributed by atoms with Crippen LogP contribution in [0.5, 0.6) is 0 Å². The molecule has 0 unspecified atom stereocenters. The van der Waals surface area contributed by atoms with Crippen molar-refractivity contribution in [3.05, 3.63) is 28.8 Å². The summed E-state index contributed by atoms with van der Waals surface area (Å²) < 4.78 is 13.1. The van der Waals surface area contributed by atoms with Crippen molar-refractivity contribution in [2.24, 2.45) is 0 Å². The lowest BCUT2D eigenvalue weighted by Crippen LogP contribution is -2.01. The van der Waals surface area contributed by atoms with Gasteiger partial charge in [0, 0.05) is 5.38 Å². The zero-order valence-corrected chi connectivity index (χ0v) is 7.88. The number of nitrogens with one attached hydrogen (secondary N) is 1. The second-order valence-corrected chi connectivity index (χ2v) is 3.34. The molecule has 2 heterocycles. The number of hydrogen-bond acceptors (Lipinski definition) is 5. The Morgan fingerprint density at radius 1 is 1.50 bits per heavy atom. The minimum absolute atomic E-state index is 0.0455. The SMILES string of the molecule is Nc1ncc(F)c(Nc2ccsc2)n1. The summed E-state index contributed by atoms with van der Waals surface area (Å²) in [6.07, 6.45) is 1.04. The molecule has 3 N–H and O–H groups in total. The van der Waals surface area contributed by atoms with Gasteiger partial charge in [0.1, 0.15) is 0 Å². The topological polar surface area (TPSA) is 63.8 Å². The van der Waals surface area contributed by atoms with E-state index in [1.54, 1.807) is 0 Å². The summed E-state index contributed by atoms with van der Waals surface area (Å²) >= 11 is 1.51. The van der Waals surface area contributed by atoms with Crippen molar-refractivity contribution in [1.82, 2.24) is 9.97 Å². The summed E-state index contributed by atoms with van der Waals surface area (Å²) in [5.74, 6) is -0.384. The molecular weight excluding hydrogens is 203 g/mol. The van der Waals surface area contributed by atoms with Gasteiger partial charge in [-0.1, -0.05) is 0 Å². The van der Waals surface area contributed by atoms with Gasteiger partial charge in [0.25, 0.3) is 0 Å². The van der Waals surface area contributed by atoms with Crippen LogP contribution in [0.4, 0.5) is 21.8 Å². The van der Waals surface area contributed by atoms with E-state index in [-0.39, 0.29) is 11.8 Å². The van der Waals surface area contributed by atoms with E-state index < -0.39 is 5.82 Å². The lowest BCUT2D eigenvalue weighted by Gasteiger charge is -2.03. The lowest BCUT2D eigenvalue weighted by atomic mass is 10.5. The van der Waals surface area contributed by atoms with Crippen LogP contribution in [0.1, 0.15) is 0 Å². The predicted octanol–water partition coefficient (Wildman–Crippen LogP) is 2.00. The number of nitrogens with zero attached hydrogens (tertiary/aromatic N) is 2. The molecule has 0 aliphatic carbocycles. The number of nitrogens with two attached hydrogens (primary N) is 1. The molecule has 0 saturated heterocycles. The van der Waals surface area contributed by atoms with E-state index in [0.717, 1.165) is 11.9 Å². The van der Waals surface area contributed by atoms with Crippen molar-refractivity contribution < 1.29 is 4.39 Å². The number of hydrogen-bond donors (Lipinski definition) is 2. The molecule has 0 aliphatic rings. The summed E-state index contributed by atoms with van der Waals surface area (Å²) in [6, 6.07) is 1.82. The fraction of sp³-hybridized carbons (Fsp3) is 0. The van der Waals surface area contributed by atoms with Crippen LogP contribution >= 0.6 is 11.3 Å². The van der Waals surface area contributed by atoms with E-state index in [2.05, 4.69) is 15.3 Å². The van der Waals surface area contributed by atoms with Gasteiger partial charge in [0.2, 0.25) is 5.95 Å². The van der Waals surface area contributed by atoms with Crippen molar-refractivity contribution in [2.75, 3.05) is 11.1 Å². The number of anilines is 3. The Bertz CT molecular complexity index is 429. The van der Waals surface area contributed by atoms with Crippen LogP contribution < -0.4 is 11.1 Å². The second kappa shape index (κ2) is 3.59. The van der Waals surface area contributed by atoms with E-state index in [1.807, 2.05) is 16.8 Å². The van der Waals surface area contributed by atoms with Crippen LogP contribution in [0.15, 0.2) is 23.0 Å². The third-order valence-corrected chi connectivity index (χ3v) is 2.23. The molecule has 0 saturated carbocycles. The fourth-order valence-electron chi connectivity index (χ4n) is 0.941. The molecule has 2 aromatic rings. The summed E-state index contributed by atoms with van der Waals surface area (Å²) in [6.45, 7) is 0. The minimum atomic E-state index is -0.523. The minimum Gasteiger partial charge on any atom is -0.368 e. The molecule has 0 fully saturated rings. The van der Waals surface area contributed by atoms with Crippen LogP contribution in [0.3, 0.4) is 0 Å². The van der Waals surface area contributed by atoms with Gasteiger partial charge in [-0.05, 0) is 11.4 Å². The van der Waals surface area contributed by atoms with Gasteiger partial charge in [-0.15, -0.1) is 0 Å². The molecule has 0 aliphatic heterocycles. The van der Waals surface area contributed by atoms with Crippen molar-refractivity contribution in [3.63, 3.8) is 0 Å². The molecule has 0 amide bonds. The number of rotatable bonds is 2.